The molecular weight excluding hydrogens is 242 g/mol. The molecule has 1 radical (unpaired) electrons. The number of hydrogen-bond donors (Lipinski definition) is 0. The lowest BCUT2D eigenvalue weighted by Gasteiger charge is -2.20. The molecule has 0 aromatic carbocycles. The smallest absolute Gasteiger partial charge is 0.213 e. The Morgan fingerprint density at radius 2 is 1.93 bits per heavy atom. The highest BCUT2D eigenvalue weighted by molar-refractivity contribution is 9.10. The lowest BCUT2D eigenvalue weighted by Crippen LogP contribution is -2.11. The molecule has 1 aromatic heterocycles. The minimum atomic E-state index is 0.713. The van der Waals surface area contributed by atoms with Gasteiger partial charge in [-0.05, 0) is 47.7 Å². The second kappa shape index (κ2) is 4.78. The number of pyridine rings is 1. The van der Waals surface area contributed by atoms with Crippen LogP contribution in [0.1, 0.15) is 32.1 Å². The first-order chi connectivity index (χ1) is 6.84. The minimum absolute atomic E-state index is 0.713. The van der Waals surface area contributed by atoms with E-state index >= 15 is 0 Å². The molecule has 0 bridgehead atoms. The molecule has 1 fully saturated rings. The van der Waals surface area contributed by atoms with Gasteiger partial charge in [0.15, 0.2) is 6.10 Å². The van der Waals surface area contributed by atoms with E-state index in [1.165, 1.54) is 25.4 Å². The van der Waals surface area contributed by atoms with Crippen LogP contribution in [0.3, 0.4) is 0 Å². The Balaban J connectivity index is 1.92. The van der Waals surface area contributed by atoms with Crippen LogP contribution in [-0.2, 0) is 0 Å². The third-order valence-corrected chi connectivity index (χ3v) is 2.83. The Morgan fingerprint density at radius 3 is 2.57 bits per heavy atom. The maximum atomic E-state index is 5.70. The summed E-state index contributed by atoms with van der Waals surface area (Å²) in [4.78, 5) is 4.18. The highest BCUT2D eigenvalue weighted by atomic mass is 79.9. The standard InChI is InChI=1S/C11H13BrNO/c12-9-6-7-11(13-8-9)14-10-4-2-1-3-5-10/h6-8H,1-5H2. The number of nitrogens with zero attached hydrogens (tertiary/aromatic N) is 1. The summed E-state index contributed by atoms with van der Waals surface area (Å²) in [5, 5.41) is 0. The topological polar surface area (TPSA) is 22.1 Å². The van der Waals surface area contributed by atoms with Crippen molar-refractivity contribution in [2.45, 2.75) is 32.1 Å². The van der Waals surface area contributed by atoms with Crippen molar-refractivity contribution in [3.63, 3.8) is 0 Å². The van der Waals surface area contributed by atoms with Gasteiger partial charge in [-0.2, -0.15) is 0 Å². The van der Waals surface area contributed by atoms with Crippen molar-refractivity contribution < 1.29 is 4.74 Å². The summed E-state index contributed by atoms with van der Waals surface area (Å²) in [6, 6.07) is 3.84. The van der Waals surface area contributed by atoms with E-state index in [9.17, 15) is 0 Å². The molecule has 0 N–H and O–H groups in total. The van der Waals surface area contributed by atoms with Crippen molar-refractivity contribution >= 4 is 15.9 Å². The van der Waals surface area contributed by atoms with E-state index in [2.05, 4.69) is 20.9 Å². The molecule has 75 valence electrons. The normalized spacial score (nSPS) is 18.1. The molecular formula is C11H13BrNO. The predicted octanol–water partition coefficient (Wildman–Crippen LogP) is 3.72. The first kappa shape index (κ1) is 9.97. The van der Waals surface area contributed by atoms with E-state index in [0.29, 0.717) is 5.88 Å². The summed E-state index contributed by atoms with van der Waals surface area (Å²) in [5.74, 6) is 0.713. The lowest BCUT2D eigenvalue weighted by atomic mass is 9.98. The summed E-state index contributed by atoms with van der Waals surface area (Å²) >= 11 is 3.35. The average molecular weight is 255 g/mol. The van der Waals surface area contributed by atoms with Crippen LogP contribution in [0.15, 0.2) is 22.8 Å². The monoisotopic (exact) mass is 254 g/mol. The first-order valence-electron chi connectivity index (χ1n) is 4.99. The Labute approximate surface area is 92.8 Å². The number of rotatable bonds is 2. The van der Waals surface area contributed by atoms with E-state index in [-0.39, 0.29) is 0 Å². The summed E-state index contributed by atoms with van der Waals surface area (Å²) in [6.07, 6.45) is 8.98. The fourth-order valence-corrected chi connectivity index (χ4v) is 1.85. The minimum Gasteiger partial charge on any atom is -0.467 e. The summed E-state index contributed by atoms with van der Waals surface area (Å²) in [6.45, 7) is 0. The van der Waals surface area contributed by atoms with E-state index < -0.39 is 0 Å². The molecule has 1 saturated carbocycles. The zero-order valence-electron chi connectivity index (χ0n) is 8.00. The Kier molecular flexibility index (Phi) is 3.40. The fourth-order valence-electron chi connectivity index (χ4n) is 1.62. The van der Waals surface area contributed by atoms with Crippen molar-refractivity contribution in [3.05, 3.63) is 28.9 Å². The van der Waals surface area contributed by atoms with Gasteiger partial charge in [0.25, 0.3) is 0 Å². The number of hydrogen-bond acceptors (Lipinski definition) is 2. The van der Waals surface area contributed by atoms with Crippen LogP contribution in [0.25, 0.3) is 0 Å². The third-order valence-electron chi connectivity index (χ3n) is 2.36. The van der Waals surface area contributed by atoms with Gasteiger partial charge in [0, 0.05) is 16.7 Å². The second-order valence-electron chi connectivity index (χ2n) is 3.52. The van der Waals surface area contributed by atoms with Gasteiger partial charge in [-0.15, -0.1) is 0 Å². The molecule has 1 heterocycles. The van der Waals surface area contributed by atoms with Crippen LogP contribution >= 0.6 is 15.9 Å². The quantitative estimate of drug-likeness (QED) is 0.803. The predicted molar refractivity (Wildman–Crippen MR) is 58.9 cm³/mol. The highest BCUT2D eigenvalue weighted by Crippen LogP contribution is 2.27. The molecule has 1 aliphatic carbocycles. The van der Waals surface area contributed by atoms with Gasteiger partial charge < -0.3 is 4.74 Å². The molecule has 1 aromatic rings. The van der Waals surface area contributed by atoms with E-state index in [0.717, 1.165) is 17.3 Å². The van der Waals surface area contributed by atoms with Crippen LogP contribution in [0.4, 0.5) is 0 Å². The maximum absolute atomic E-state index is 5.70. The van der Waals surface area contributed by atoms with Crippen molar-refractivity contribution in [2.24, 2.45) is 0 Å². The molecule has 2 rings (SSSR count). The molecule has 3 heteroatoms. The zero-order valence-corrected chi connectivity index (χ0v) is 9.59. The van der Waals surface area contributed by atoms with Crippen LogP contribution in [0, 0.1) is 6.10 Å². The van der Waals surface area contributed by atoms with Gasteiger partial charge in [0.2, 0.25) is 5.88 Å². The molecule has 0 spiro atoms. The first-order valence-corrected chi connectivity index (χ1v) is 5.78. The maximum Gasteiger partial charge on any atom is 0.213 e. The van der Waals surface area contributed by atoms with Gasteiger partial charge in [0.05, 0.1) is 0 Å². The number of aromatic nitrogens is 1. The summed E-state index contributed by atoms with van der Waals surface area (Å²) in [7, 11) is 0. The van der Waals surface area contributed by atoms with Crippen molar-refractivity contribution in [1.29, 1.82) is 0 Å². The van der Waals surface area contributed by atoms with E-state index in [1.54, 1.807) is 6.20 Å². The molecule has 2 nitrogen and oxygen atoms in total. The number of halogens is 1. The van der Waals surface area contributed by atoms with Crippen LogP contribution in [-0.4, -0.2) is 4.98 Å². The fraction of sp³-hybridized carbons (Fsp3) is 0.455. The number of ether oxygens (including phenoxy) is 1. The molecule has 0 atom stereocenters. The SMILES string of the molecule is Brc1ccc(O[C]2CCCCC2)nc1. The van der Waals surface area contributed by atoms with E-state index in [4.69, 9.17) is 4.74 Å². The molecule has 0 amide bonds. The Hall–Kier alpha value is -0.570. The Morgan fingerprint density at radius 1 is 1.14 bits per heavy atom. The largest absolute Gasteiger partial charge is 0.467 e. The lowest BCUT2D eigenvalue weighted by molar-refractivity contribution is 0.251. The van der Waals surface area contributed by atoms with Gasteiger partial charge in [-0.25, -0.2) is 4.98 Å². The van der Waals surface area contributed by atoms with Crippen molar-refractivity contribution in [3.8, 4) is 5.88 Å². The molecule has 0 aliphatic heterocycles. The van der Waals surface area contributed by atoms with Crippen LogP contribution < -0.4 is 4.74 Å². The summed E-state index contributed by atoms with van der Waals surface area (Å²) in [5.41, 5.74) is 0. The molecule has 1 aliphatic rings. The van der Waals surface area contributed by atoms with Gasteiger partial charge >= 0.3 is 0 Å². The molecule has 0 saturated heterocycles. The zero-order chi connectivity index (χ0) is 9.80. The molecule has 14 heavy (non-hydrogen) atoms. The Bertz CT molecular complexity index is 280. The third kappa shape index (κ3) is 2.71. The molecule has 0 unspecified atom stereocenters. The van der Waals surface area contributed by atoms with Gasteiger partial charge in [-0.3, -0.25) is 0 Å². The van der Waals surface area contributed by atoms with E-state index in [1.807, 2.05) is 12.1 Å². The van der Waals surface area contributed by atoms with Crippen LogP contribution in [0.2, 0.25) is 0 Å². The van der Waals surface area contributed by atoms with Crippen LogP contribution in [0.5, 0.6) is 5.88 Å². The van der Waals surface area contributed by atoms with Gasteiger partial charge in [-0.1, -0.05) is 6.42 Å². The van der Waals surface area contributed by atoms with Gasteiger partial charge in [0.1, 0.15) is 0 Å². The summed E-state index contributed by atoms with van der Waals surface area (Å²) < 4.78 is 6.68. The van der Waals surface area contributed by atoms with Crippen molar-refractivity contribution in [1.82, 2.24) is 4.98 Å². The highest BCUT2D eigenvalue weighted by Gasteiger charge is 2.16. The average Bonchev–Trinajstić information content (AvgIpc) is 2.23. The second-order valence-corrected chi connectivity index (χ2v) is 4.43. The van der Waals surface area contributed by atoms with Crippen molar-refractivity contribution in [2.75, 3.05) is 0 Å².